The Morgan fingerprint density at radius 1 is 0.947 bits per heavy atom. The van der Waals surface area contributed by atoms with Gasteiger partial charge in [0, 0.05) is 19.7 Å². The first-order chi connectivity index (χ1) is 9.27. The van der Waals surface area contributed by atoms with Gasteiger partial charge in [-0.3, -0.25) is 0 Å². The van der Waals surface area contributed by atoms with Gasteiger partial charge in [-0.25, -0.2) is 5.48 Å². The fourth-order valence-corrected chi connectivity index (χ4v) is 1.70. The first kappa shape index (κ1) is 13.0. The Kier molecular flexibility index (Phi) is 4.45. The van der Waals surface area contributed by atoms with E-state index in [9.17, 15) is 0 Å². The van der Waals surface area contributed by atoms with Crippen LogP contribution in [-0.2, 0) is 4.84 Å². The number of para-hydroxylation sites is 1. The zero-order valence-corrected chi connectivity index (χ0v) is 11.2. The van der Waals surface area contributed by atoms with Crippen LogP contribution in [0.4, 0.5) is 5.69 Å². The molecule has 0 spiro atoms. The topological polar surface area (TPSA) is 24.5 Å². The molecule has 2 aromatic carbocycles. The lowest BCUT2D eigenvalue weighted by atomic mass is 10.1. The number of nitrogens with one attached hydrogen (secondary N) is 1. The van der Waals surface area contributed by atoms with E-state index in [1.807, 2.05) is 67.5 Å². The van der Waals surface area contributed by atoms with Crippen LogP contribution in [0.25, 0.3) is 5.70 Å². The predicted molar refractivity (Wildman–Crippen MR) is 79.3 cm³/mol. The van der Waals surface area contributed by atoms with Crippen LogP contribution in [0.15, 0.2) is 66.9 Å². The molecule has 98 valence electrons. The van der Waals surface area contributed by atoms with Crippen molar-refractivity contribution < 1.29 is 4.84 Å². The molecule has 2 rings (SSSR count). The standard InChI is InChI=1S/C16H18N2O/c1-18(2)16(14-9-5-3-6-10-14)13-19-17-15-11-7-4-8-12-15/h3-13,17H,1-2H3. The molecule has 1 N–H and O–H groups in total. The van der Waals surface area contributed by atoms with Gasteiger partial charge in [-0.1, -0.05) is 48.5 Å². The molecule has 3 heteroatoms. The number of nitrogens with zero attached hydrogens (tertiary/aromatic N) is 1. The van der Waals surface area contributed by atoms with E-state index in [1.54, 1.807) is 6.26 Å². The van der Waals surface area contributed by atoms with Crippen LogP contribution >= 0.6 is 0 Å². The van der Waals surface area contributed by atoms with Crippen LogP contribution in [0.1, 0.15) is 5.56 Å². The van der Waals surface area contributed by atoms with Gasteiger partial charge in [0.1, 0.15) is 6.26 Å². The second kappa shape index (κ2) is 6.50. The maximum Gasteiger partial charge on any atom is 0.143 e. The summed E-state index contributed by atoms with van der Waals surface area (Å²) in [5.74, 6) is 0. The molecule has 0 unspecified atom stereocenters. The quantitative estimate of drug-likeness (QED) is 0.652. The van der Waals surface area contributed by atoms with Crippen molar-refractivity contribution in [1.82, 2.24) is 4.90 Å². The van der Waals surface area contributed by atoms with Crippen LogP contribution in [0.3, 0.4) is 0 Å². The third-order valence-corrected chi connectivity index (χ3v) is 2.67. The van der Waals surface area contributed by atoms with E-state index in [0.29, 0.717) is 0 Å². The van der Waals surface area contributed by atoms with Gasteiger partial charge in [0.25, 0.3) is 0 Å². The molecule has 0 aliphatic carbocycles. The van der Waals surface area contributed by atoms with E-state index < -0.39 is 0 Å². The fraction of sp³-hybridized carbons (Fsp3) is 0.125. The maximum atomic E-state index is 5.44. The molecule has 0 aromatic heterocycles. The molecule has 3 nitrogen and oxygen atoms in total. The van der Waals surface area contributed by atoms with Crippen LogP contribution in [0.5, 0.6) is 0 Å². The van der Waals surface area contributed by atoms with Crippen molar-refractivity contribution in [3.05, 3.63) is 72.5 Å². The van der Waals surface area contributed by atoms with Gasteiger partial charge in [0.05, 0.1) is 11.4 Å². The smallest absolute Gasteiger partial charge is 0.143 e. The minimum Gasteiger partial charge on any atom is -0.388 e. The zero-order chi connectivity index (χ0) is 13.5. The summed E-state index contributed by atoms with van der Waals surface area (Å²) in [7, 11) is 3.98. The van der Waals surface area contributed by atoms with E-state index in [-0.39, 0.29) is 0 Å². The number of rotatable bonds is 5. The number of anilines is 1. The first-order valence-corrected chi connectivity index (χ1v) is 6.17. The van der Waals surface area contributed by atoms with E-state index in [4.69, 9.17) is 4.84 Å². The Morgan fingerprint density at radius 3 is 2.11 bits per heavy atom. The lowest BCUT2D eigenvalue weighted by Crippen LogP contribution is -2.11. The van der Waals surface area contributed by atoms with Crippen LogP contribution in [0.2, 0.25) is 0 Å². The third kappa shape index (κ3) is 3.78. The molecule has 0 aliphatic rings. The summed E-state index contributed by atoms with van der Waals surface area (Å²) in [6.45, 7) is 0. The van der Waals surface area contributed by atoms with E-state index >= 15 is 0 Å². The zero-order valence-electron chi connectivity index (χ0n) is 11.2. The van der Waals surface area contributed by atoms with Gasteiger partial charge < -0.3 is 9.74 Å². The van der Waals surface area contributed by atoms with Gasteiger partial charge in [-0.2, -0.15) is 0 Å². The normalized spacial score (nSPS) is 10.9. The molecule has 0 aliphatic heterocycles. The monoisotopic (exact) mass is 254 g/mol. The average Bonchev–Trinajstić information content (AvgIpc) is 2.45. The van der Waals surface area contributed by atoms with E-state index in [1.165, 1.54) is 0 Å². The summed E-state index contributed by atoms with van der Waals surface area (Å²) in [5.41, 5.74) is 5.93. The molecule has 19 heavy (non-hydrogen) atoms. The van der Waals surface area contributed by atoms with E-state index in [0.717, 1.165) is 16.9 Å². The molecule has 0 atom stereocenters. The van der Waals surface area contributed by atoms with Crippen molar-refractivity contribution in [3.8, 4) is 0 Å². The van der Waals surface area contributed by atoms with Crippen molar-refractivity contribution in [1.29, 1.82) is 0 Å². The van der Waals surface area contributed by atoms with Crippen molar-refractivity contribution in [2.24, 2.45) is 0 Å². The Labute approximate surface area is 114 Å². The fourth-order valence-electron chi connectivity index (χ4n) is 1.70. The van der Waals surface area contributed by atoms with Crippen molar-refractivity contribution in [3.63, 3.8) is 0 Å². The largest absolute Gasteiger partial charge is 0.388 e. The van der Waals surface area contributed by atoms with Gasteiger partial charge in [-0.05, 0) is 12.1 Å². The molecule has 0 bridgehead atoms. The Hall–Kier alpha value is -2.42. The van der Waals surface area contributed by atoms with Crippen molar-refractivity contribution in [2.45, 2.75) is 0 Å². The number of hydrogen-bond acceptors (Lipinski definition) is 3. The predicted octanol–water partition coefficient (Wildman–Crippen LogP) is 3.59. The second-order valence-electron chi connectivity index (χ2n) is 4.35. The summed E-state index contributed by atoms with van der Waals surface area (Å²) < 4.78 is 0. The first-order valence-electron chi connectivity index (χ1n) is 6.17. The molecule has 0 radical (unpaired) electrons. The van der Waals surface area contributed by atoms with Gasteiger partial charge in [0.2, 0.25) is 0 Å². The Morgan fingerprint density at radius 2 is 1.53 bits per heavy atom. The highest BCUT2D eigenvalue weighted by atomic mass is 16.6. The summed E-state index contributed by atoms with van der Waals surface area (Å²) in [6, 6.07) is 19.9. The average molecular weight is 254 g/mol. The van der Waals surface area contributed by atoms with E-state index in [2.05, 4.69) is 17.6 Å². The summed E-state index contributed by atoms with van der Waals surface area (Å²) in [4.78, 5) is 7.46. The van der Waals surface area contributed by atoms with Crippen LogP contribution < -0.4 is 5.48 Å². The molecule has 2 aromatic rings. The lowest BCUT2D eigenvalue weighted by Gasteiger charge is -2.17. The Bertz CT molecular complexity index is 521. The summed E-state index contributed by atoms with van der Waals surface area (Å²) in [5, 5.41) is 0. The highest BCUT2D eigenvalue weighted by Gasteiger charge is 2.03. The molecule has 0 heterocycles. The highest BCUT2D eigenvalue weighted by molar-refractivity contribution is 5.62. The van der Waals surface area contributed by atoms with Crippen molar-refractivity contribution >= 4 is 11.4 Å². The third-order valence-electron chi connectivity index (χ3n) is 2.67. The van der Waals surface area contributed by atoms with Gasteiger partial charge >= 0.3 is 0 Å². The van der Waals surface area contributed by atoms with Crippen LogP contribution in [0, 0.1) is 0 Å². The van der Waals surface area contributed by atoms with Gasteiger partial charge in [0.15, 0.2) is 0 Å². The maximum absolute atomic E-state index is 5.44. The SMILES string of the molecule is CN(C)C(=CONc1ccccc1)c1ccccc1. The lowest BCUT2D eigenvalue weighted by molar-refractivity contribution is 0.325. The van der Waals surface area contributed by atoms with Crippen molar-refractivity contribution in [2.75, 3.05) is 19.6 Å². The minimum atomic E-state index is 0.921. The second-order valence-corrected chi connectivity index (χ2v) is 4.35. The minimum absolute atomic E-state index is 0.921. The van der Waals surface area contributed by atoms with Crippen LogP contribution in [-0.4, -0.2) is 19.0 Å². The highest BCUT2D eigenvalue weighted by Crippen LogP contribution is 2.16. The Balaban J connectivity index is 2.06. The number of benzene rings is 2. The molecule has 0 amide bonds. The summed E-state index contributed by atoms with van der Waals surface area (Å²) >= 11 is 0. The molecular formula is C16H18N2O. The number of hydrogen-bond donors (Lipinski definition) is 1. The van der Waals surface area contributed by atoms with Gasteiger partial charge in [-0.15, -0.1) is 0 Å². The molecule has 0 saturated carbocycles. The molecule has 0 saturated heterocycles. The molecular weight excluding hydrogens is 236 g/mol. The summed E-state index contributed by atoms with van der Waals surface area (Å²) in [6.07, 6.45) is 1.71. The molecule has 0 fully saturated rings.